The zero-order chi connectivity index (χ0) is 18.6. The third kappa shape index (κ3) is 4.31. The third-order valence-corrected chi connectivity index (χ3v) is 5.75. The van der Waals surface area contributed by atoms with E-state index in [4.69, 9.17) is 16.3 Å². The summed E-state index contributed by atoms with van der Waals surface area (Å²) in [4.78, 5) is 13.7. The van der Waals surface area contributed by atoms with Gasteiger partial charge in [-0.05, 0) is 30.3 Å². The number of halogens is 1. The van der Waals surface area contributed by atoms with E-state index in [1.165, 1.54) is 37.3 Å². The Hall–Kier alpha value is -2.09. The van der Waals surface area contributed by atoms with E-state index in [0.717, 1.165) is 4.31 Å². The molecule has 1 amide bonds. The molecule has 0 aliphatic carbocycles. The van der Waals surface area contributed by atoms with Gasteiger partial charge < -0.3 is 9.64 Å². The van der Waals surface area contributed by atoms with Crippen LogP contribution >= 0.6 is 11.6 Å². The maximum absolute atomic E-state index is 12.8. The second kappa shape index (κ2) is 7.86. The molecular formula is C17H19ClN2O4S. The molecule has 0 bridgehead atoms. The molecule has 0 saturated heterocycles. The number of hydrogen-bond acceptors (Lipinski definition) is 4. The molecule has 0 aliphatic heterocycles. The number of sulfonamides is 1. The number of likely N-dealkylation sites (N-methyl/N-ethyl adjacent to an activating group) is 2. The molecule has 0 aliphatic rings. The van der Waals surface area contributed by atoms with Crippen molar-refractivity contribution in [2.45, 2.75) is 4.90 Å². The van der Waals surface area contributed by atoms with Crippen molar-refractivity contribution < 1.29 is 17.9 Å². The predicted molar refractivity (Wildman–Crippen MR) is 97.7 cm³/mol. The van der Waals surface area contributed by atoms with Gasteiger partial charge in [0.25, 0.3) is 0 Å². The van der Waals surface area contributed by atoms with Crippen LogP contribution in [0, 0.1) is 0 Å². The number of anilines is 1. The normalized spacial score (nSPS) is 11.4. The second-order valence-electron chi connectivity index (χ2n) is 5.34. The molecule has 8 heteroatoms. The lowest BCUT2D eigenvalue weighted by Gasteiger charge is -2.22. The molecule has 134 valence electrons. The Morgan fingerprint density at radius 3 is 2.36 bits per heavy atom. The Balaban J connectivity index is 2.23. The number of carbonyl (C=O) groups excluding carboxylic acids is 1. The molecule has 0 spiro atoms. The van der Waals surface area contributed by atoms with Crippen molar-refractivity contribution in [3.63, 3.8) is 0 Å². The maximum Gasteiger partial charge on any atom is 0.247 e. The van der Waals surface area contributed by atoms with E-state index in [2.05, 4.69) is 0 Å². The summed E-state index contributed by atoms with van der Waals surface area (Å²) in [6.07, 6.45) is 0. The minimum atomic E-state index is -3.94. The fourth-order valence-electron chi connectivity index (χ4n) is 2.20. The SMILES string of the molecule is COc1ccc(Cl)cc1S(=O)(=O)N(C)CC(=O)N(C)c1ccccc1. The van der Waals surface area contributed by atoms with Gasteiger partial charge in [-0.25, -0.2) is 8.42 Å². The molecule has 0 radical (unpaired) electrons. The fraction of sp³-hybridized carbons (Fsp3) is 0.235. The fourth-order valence-corrected chi connectivity index (χ4v) is 3.73. The van der Waals surface area contributed by atoms with Crippen LogP contribution < -0.4 is 9.64 Å². The van der Waals surface area contributed by atoms with Crippen LogP contribution in [0.5, 0.6) is 5.75 Å². The van der Waals surface area contributed by atoms with Gasteiger partial charge >= 0.3 is 0 Å². The molecule has 2 aromatic carbocycles. The highest BCUT2D eigenvalue weighted by atomic mass is 35.5. The van der Waals surface area contributed by atoms with Crippen molar-refractivity contribution in [1.29, 1.82) is 0 Å². The van der Waals surface area contributed by atoms with Gasteiger partial charge in [-0.15, -0.1) is 0 Å². The Kier molecular flexibility index (Phi) is 6.05. The first-order valence-corrected chi connectivity index (χ1v) is 9.20. The molecule has 0 unspecified atom stereocenters. The molecule has 2 rings (SSSR count). The molecule has 0 heterocycles. The highest BCUT2D eigenvalue weighted by molar-refractivity contribution is 7.89. The van der Waals surface area contributed by atoms with Gasteiger partial charge in [0.15, 0.2) is 0 Å². The summed E-state index contributed by atoms with van der Waals surface area (Å²) < 4.78 is 31.6. The van der Waals surface area contributed by atoms with Crippen molar-refractivity contribution in [1.82, 2.24) is 4.31 Å². The number of benzene rings is 2. The molecule has 6 nitrogen and oxygen atoms in total. The van der Waals surface area contributed by atoms with Crippen LogP contribution in [0.4, 0.5) is 5.69 Å². The summed E-state index contributed by atoms with van der Waals surface area (Å²) in [5, 5.41) is 0.264. The van der Waals surface area contributed by atoms with Gasteiger partial charge in [-0.3, -0.25) is 4.79 Å². The van der Waals surface area contributed by atoms with E-state index in [0.29, 0.717) is 5.69 Å². The van der Waals surface area contributed by atoms with Gasteiger partial charge in [0.2, 0.25) is 15.9 Å². The minimum Gasteiger partial charge on any atom is -0.495 e. The van der Waals surface area contributed by atoms with Crippen LogP contribution in [0.25, 0.3) is 0 Å². The van der Waals surface area contributed by atoms with Gasteiger partial charge in [-0.1, -0.05) is 29.8 Å². The lowest BCUT2D eigenvalue weighted by Crippen LogP contribution is -2.39. The smallest absolute Gasteiger partial charge is 0.247 e. The first-order chi connectivity index (χ1) is 11.8. The molecule has 0 saturated carbocycles. The molecule has 0 aromatic heterocycles. The highest BCUT2D eigenvalue weighted by Crippen LogP contribution is 2.29. The number of para-hydroxylation sites is 1. The van der Waals surface area contributed by atoms with Crippen molar-refractivity contribution in [3.05, 3.63) is 53.6 Å². The molecular weight excluding hydrogens is 364 g/mol. The zero-order valence-electron chi connectivity index (χ0n) is 14.1. The first-order valence-electron chi connectivity index (χ1n) is 7.39. The summed E-state index contributed by atoms with van der Waals surface area (Å²) in [6.45, 7) is -0.316. The average Bonchev–Trinajstić information content (AvgIpc) is 2.61. The van der Waals surface area contributed by atoms with Gasteiger partial charge in [0, 0.05) is 24.8 Å². The number of nitrogens with zero attached hydrogens (tertiary/aromatic N) is 2. The van der Waals surface area contributed by atoms with Crippen LogP contribution in [0.1, 0.15) is 0 Å². The van der Waals surface area contributed by atoms with Crippen LogP contribution in [0.15, 0.2) is 53.4 Å². The van der Waals surface area contributed by atoms with E-state index in [1.54, 1.807) is 31.3 Å². The molecule has 25 heavy (non-hydrogen) atoms. The van der Waals surface area contributed by atoms with Crippen molar-refractivity contribution >= 4 is 33.2 Å². The Morgan fingerprint density at radius 1 is 1.12 bits per heavy atom. The van der Waals surface area contributed by atoms with E-state index in [-0.39, 0.29) is 28.1 Å². The largest absolute Gasteiger partial charge is 0.495 e. The average molecular weight is 383 g/mol. The van der Waals surface area contributed by atoms with Gasteiger partial charge in [0.1, 0.15) is 10.6 Å². The number of amides is 1. The Bertz CT molecular complexity index is 856. The minimum absolute atomic E-state index is 0.0832. The quantitative estimate of drug-likeness (QED) is 0.770. The van der Waals surface area contributed by atoms with Crippen molar-refractivity contribution in [2.24, 2.45) is 0 Å². The van der Waals surface area contributed by atoms with E-state index in [1.807, 2.05) is 6.07 Å². The summed E-state index contributed by atoms with van der Waals surface area (Å²) >= 11 is 5.91. The van der Waals surface area contributed by atoms with E-state index >= 15 is 0 Å². The first kappa shape index (κ1) is 19.2. The molecule has 0 fully saturated rings. The summed E-state index contributed by atoms with van der Waals surface area (Å²) in [5.74, 6) is -0.196. The topological polar surface area (TPSA) is 66.9 Å². The second-order valence-corrected chi connectivity index (χ2v) is 7.79. The van der Waals surface area contributed by atoms with Crippen molar-refractivity contribution in [2.75, 3.05) is 32.6 Å². The third-order valence-electron chi connectivity index (χ3n) is 3.69. The van der Waals surface area contributed by atoms with Gasteiger partial charge in [-0.2, -0.15) is 4.31 Å². The summed E-state index contributed by atoms with van der Waals surface area (Å²) in [7, 11) is 0.368. The van der Waals surface area contributed by atoms with Gasteiger partial charge in [0.05, 0.1) is 13.7 Å². The number of rotatable bonds is 6. The van der Waals surface area contributed by atoms with Crippen LogP contribution in [-0.4, -0.2) is 46.4 Å². The molecule has 0 N–H and O–H groups in total. The summed E-state index contributed by atoms with van der Waals surface area (Å²) in [6, 6.07) is 13.3. The Morgan fingerprint density at radius 2 is 1.76 bits per heavy atom. The highest BCUT2D eigenvalue weighted by Gasteiger charge is 2.28. The van der Waals surface area contributed by atoms with E-state index in [9.17, 15) is 13.2 Å². The lowest BCUT2D eigenvalue weighted by molar-refractivity contribution is -0.118. The predicted octanol–water partition coefficient (Wildman–Crippen LogP) is 2.63. The van der Waals surface area contributed by atoms with Crippen LogP contribution in [0.3, 0.4) is 0 Å². The molecule has 0 atom stereocenters. The maximum atomic E-state index is 12.8. The number of hydrogen-bond donors (Lipinski definition) is 0. The Labute approximate surface area is 152 Å². The standard InChI is InChI=1S/C17H19ClN2O4S/c1-19(12-17(21)20(2)14-7-5-4-6-8-14)25(22,23)16-11-13(18)9-10-15(16)24-3/h4-11H,12H2,1-3H3. The van der Waals surface area contributed by atoms with Crippen LogP contribution in [-0.2, 0) is 14.8 Å². The number of carbonyl (C=O) groups is 1. The number of ether oxygens (including phenoxy) is 1. The molecule has 2 aromatic rings. The monoisotopic (exact) mass is 382 g/mol. The van der Waals surface area contributed by atoms with Crippen LogP contribution in [0.2, 0.25) is 5.02 Å². The zero-order valence-corrected chi connectivity index (χ0v) is 15.7. The van der Waals surface area contributed by atoms with E-state index < -0.39 is 10.0 Å². The lowest BCUT2D eigenvalue weighted by atomic mass is 10.3. The number of methoxy groups -OCH3 is 1. The van der Waals surface area contributed by atoms with Crippen molar-refractivity contribution in [3.8, 4) is 5.75 Å². The summed E-state index contributed by atoms with van der Waals surface area (Å²) in [5.41, 5.74) is 0.679.